The fourth-order valence-electron chi connectivity index (χ4n) is 1.85. The second-order valence-corrected chi connectivity index (χ2v) is 4.50. The highest BCUT2D eigenvalue weighted by molar-refractivity contribution is 5.81. The quantitative estimate of drug-likeness (QED) is 0.484. The van der Waals surface area contributed by atoms with Crippen LogP contribution < -0.4 is 0 Å². The Morgan fingerprint density at radius 3 is 2.62 bits per heavy atom. The van der Waals surface area contributed by atoms with Gasteiger partial charge in [0.1, 0.15) is 6.10 Å². The van der Waals surface area contributed by atoms with Gasteiger partial charge in [-0.05, 0) is 24.2 Å². The van der Waals surface area contributed by atoms with E-state index in [1.54, 1.807) is 0 Å². The maximum absolute atomic E-state index is 11.0. The van der Waals surface area contributed by atoms with Crippen molar-refractivity contribution in [1.82, 2.24) is 0 Å². The summed E-state index contributed by atoms with van der Waals surface area (Å²) < 4.78 is 5.25. The SMILES string of the molecule is C=CC(=O)OC1CCC(C)(C)C1C. The van der Waals surface area contributed by atoms with Crippen LogP contribution in [-0.4, -0.2) is 12.1 Å². The van der Waals surface area contributed by atoms with Crippen molar-refractivity contribution in [3.05, 3.63) is 12.7 Å². The Morgan fingerprint density at radius 2 is 2.23 bits per heavy atom. The molecule has 2 atom stereocenters. The van der Waals surface area contributed by atoms with Gasteiger partial charge in [0.15, 0.2) is 0 Å². The number of rotatable bonds is 2. The molecule has 0 aliphatic heterocycles. The van der Waals surface area contributed by atoms with E-state index in [1.807, 2.05) is 0 Å². The molecule has 0 saturated heterocycles. The van der Waals surface area contributed by atoms with E-state index in [4.69, 9.17) is 4.74 Å². The van der Waals surface area contributed by atoms with Crippen LogP contribution >= 0.6 is 0 Å². The first kappa shape index (κ1) is 10.3. The molecule has 2 heteroatoms. The summed E-state index contributed by atoms with van der Waals surface area (Å²) in [5.41, 5.74) is 0.298. The fourth-order valence-corrected chi connectivity index (χ4v) is 1.85. The van der Waals surface area contributed by atoms with Crippen molar-refractivity contribution < 1.29 is 9.53 Å². The van der Waals surface area contributed by atoms with E-state index in [0.29, 0.717) is 11.3 Å². The lowest BCUT2D eigenvalue weighted by molar-refractivity contribution is -0.145. The molecule has 1 fully saturated rings. The fraction of sp³-hybridized carbons (Fsp3) is 0.727. The van der Waals surface area contributed by atoms with Gasteiger partial charge in [-0.25, -0.2) is 4.79 Å². The van der Waals surface area contributed by atoms with Crippen LogP contribution in [0.2, 0.25) is 0 Å². The molecular formula is C11H18O2. The lowest BCUT2D eigenvalue weighted by Gasteiger charge is -2.26. The van der Waals surface area contributed by atoms with Gasteiger partial charge in [0.05, 0.1) is 0 Å². The topological polar surface area (TPSA) is 26.3 Å². The zero-order valence-corrected chi connectivity index (χ0v) is 8.67. The highest BCUT2D eigenvalue weighted by atomic mass is 16.5. The van der Waals surface area contributed by atoms with E-state index in [9.17, 15) is 4.79 Å². The Labute approximate surface area is 80.0 Å². The van der Waals surface area contributed by atoms with Crippen molar-refractivity contribution in [1.29, 1.82) is 0 Å². The molecule has 0 N–H and O–H groups in total. The van der Waals surface area contributed by atoms with Crippen LogP contribution in [0.4, 0.5) is 0 Å². The maximum Gasteiger partial charge on any atom is 0.330 e. The minimum Gasteiger partial charge on any atom is -0.459 e. The molecule has 2 unspecified atom stereocenters. The van der Waals surface area contributed by atoms with Gasteiger partial charge in [0, 0.05) is 6.08 Å². The molecule has 0 amide bonds. The lowest BCUT2D eigenvalue weighted by atomic mass is 9.83. The third-order valence-electron chi connectivity index (χ3n) is 3.30. The standard InChI is InChI=1S/C11H18O2/c1-5-10(12)13-9-6-7-11(3,4)8(9)2/h5,8-9H,1,6-7H2,2-4H3. The Bertz CT molecular complexity index is 218. The molecule has 13 heavy (non-hydrogen) atoms. The van der Waals surface area contributed by atoms with E-state index in [1.165, 1.54) is 6.08 Å². The Balaban J connectivity index is 2.55. The molecule has 1 aliphatic rings. The van der Waals surface area contributed by atoms with E-state index >= 15 is 0 Å². The van der Waals surface area contributed by atoms with Gasteiger partial charge in [-0.1, -0.05) is 27.4 Å². The molecule has 0 heterocycles. The summed E-state index contributed by atoms with van der Waals surface area (Å²) in [5.74, 6) is 0.144. The van der Waals surface area contributed by atoms with Crippen molar-refractivity contribution in [2.24, 2.45) is 11.3 Å². The summed E-state index contributed by atoms with van der Waals surface area (Å²) in [6, 6.07) is 0. The summed E-state index contributed by atoms with van der Waals surface area (Å²) in [6.07, 6.45) is 3.43. The van der Waals surface area contributed by atoms with Gasteiger partial charge in [-0.3, -0.25) is 0 Å². The van der Waals surface area contributed by atoms with E-state index in [2.05, 4.69) is 27.4 Å². The highest BCUT2D eigenvalue weighted by Crippen LogP contribution is 2.43. The molecule has 0 aromatic carbocycles. The van der Waals surface area contributed by atoms with Gasteiger partial charge in [0.2, 0.25) is 0 Å². The van der Waals surface area contributed by atoms with Crippen LogP contribution in [0.15, 0.2) is 12.7 Å². The van der Waals surface area contributed by atoms with Crippen LogP contribution in [0.25, 0.3) is 0 Å². The predicted molar refractivity (Wildman–Crippen MR) is 52.3 cm³/mol. The first-order valence-corrected chi connectivity index (χ1v) is 4.80. The Kier molecular flexibility index (Phi) is 2.79. The molecule has 0 radical (unpaired) electrons. The minimum absolute atomic E-state index is 0.0838. The van der Waals surface area contributed by atoms with Gasteiger partial charge in [0.25, 0.3) is 0 Å². The van der Waals surface area contributed by atoms with Crippen LogP contribution in [0.5, 0.6) is 0 Å². The molecule has 2 nitrogen and oxygen atoms in total. The number of ether oxygens (including phenoxy) is 1. The molecule has 1 rings (SSSR count). The summed E-state index contributed by atoms with van der Waals surface area (Å²) >= 11 is 0. The number of hydrogen-bond donors (Lipinski definition) is 0. The summed E-state index contributed by atoms with van der Waals surface area (Å²) in [4.78, 5) is 11.0. The van der Waals surface area contributed by atoms with Crippen molar-refractivity contribution >= 4 is 5.97 Å². The molecule has 74 valence electrons. The molecule has 0 bridgehead atoms. The molecular weight excluding hydrogens is 164 g/mol. The van der Waals surface area contributed by atoms with Crippen LogP contribution in [-0.2, 0) is 9.53 Å². The minimum atomic E-state index is -0.297. The van der Waals surface area contributed by atoms with Crippen LogP contribution in [0.1, 0.15) is 33.6 Å². The first-order chi connectivity index (χ1) is 5.97. The van der Waals surface area contributed by atoms with E-state index in [-0.39, 0.29) is 12.1 Å². The average Bonchev–Trinajstić information content (AvgIpc) is 2.32. The third kappa shape index (κ3) is 2.11. The Hall–Kier alpha value is -0.790. The smallest absolute Gasteiger partial charge is 0.330 e. The zero-order valence-electron chi connectivity index (χ0n) is 8.67. The summed E-state index contributed by atoms with van der Waals surface area (Å²) in [5, 5.41) is 0. The second kappa shape index (κ2) is 3.52. The van der Waals surface area contributed by atoms with Crippen LogP contribution in [0, 0.1) is 11.3 Å². The monoisotopic (exact) mass is 182 g/mol. The van der Waals surface area contributed by atoms with Crippen molar-refractivity contribution in [2.75, 3.05) is 0 Å². The van der Waals surface area contributed by atoms with Gasteiger partial charge < -0.3 is 4.74 Å². The second-order valence-electron chi connectivity index (χ2n) is 4.50. The number of esters is 1. The van der Waals surface area contributed by atoms with E-state index in [0.717, 1.165) is 12.8 Å². The van der Waals surface area contributed by atoms with Crippen molar-refractivity contribution in [2.45, 2.75) is 39.7 Å². The van der Waals surface area contributed by atoms with Gasteiger partial charge in [-0.15, -0.1) is 0 Å². The van der Waals surface area contributed by atoms with Crippen molar-refractivity contribution in [3.8, 4) is 0 Å². The van der Waals surface area contributed by atoms with Gasteiger partial charge in [-0.2, -0.15) is 0 Å². The predicted octanol–water partition coefficient (Wildman–Crippen LogP) is 2.54. The first-order valence-electron chi connectivity index (χ1n) is 4.80. The Morgan fingerprint density at radius 1 is 1.62 bits per heavy atom. The van der Waals surface area contributed by atoms with Crippen LogP contribution in [0.3, 0.4) is 0 Å². The summed E-state index contributed by atoms with van der Waals surface area (Å²) in [7, 11) is 0. The largest absolute Gasteiger partial charge is 0.459 e. The molecule has 1 aliphatic carbocycles. The van der Waals surface area contributed by atoms with Gasteiger partial charge >= 0.3 is 5.97 Å². The lowest BCUT2D eigenvalue weighted by Crippen LogP contribution is -2.26. The number of carbonyl (C=O) groups is 1. The summed E-state index contributed by atoms with van der Waals surface area (Å²) in [6.45, 7) is 9.98. The maximum atomic E-state index is 11.0. The number of carbonyl (C=O) groups excluding carboxylic acids is 1. The van der Waals surface area contributed by atoms with Crippen molar-refractivity contribution in [3.63, 3.8) is 0 Å². The molecule has 0 aromatic heterocycles. The molecule has 0 spiro atoms. The third-order valence-corrected chi connectivity index (χ3v) is 3.30. The molecule has 0 aromatic rings. The number of hydrogen-bond acceptors (Lipinski definition) is 2. The normalized spacial score (nSPS) is 31.3. The zero-order chi connectivity index (χ0) is 10.1. The molecule has 1 saturated carbocycles. The van der Waals surface area contributed by atoms with E-state index < -0.39 is 0 Å². The average molecular weight is 182 g/mol. The highest BCUT2D eigenvalue weighted by Gasteiger charge is 2.40.